The van der Waals surface area contributed by atoms with Gasteiger partial charge in [-0.2, -0.15) is 0 Å². The molecule has 1 atom stereocenters. The van der Waals surface area contributed by atoms with Crippen molar-refractivity contribution in [2.45, 2.75) is 11.8 Å². The van der Waals surface area contributed by atoms with Crippen molar-refractivity contribution in [1.29, 1.82) is 0 Å². The first-order valence-electron chi connectivity index (χ1n) is 3.87. The number of hydrogen-bond donors (Lipinski definition) is 1. The van der Waals surface area contributed by atoms with Crippen molar-refractivity contribution in [2.75, 3.05) is 5.75 Å². The van der Waals surface area contributed by atoms with Gasteiger partial charge in [-0.25, -0.2) is 4.79 Å². The quantitative estimate of drug-likeness (QED) is 0.749. The molecule has 0 saturated carbocycles. The molecule has 0 amide bonds. The van der Waals surface area contributed by atoms with Crippen molar-refractivity contribution < 1.29 is 14.5 Å². The largest absolute Gasteiger partial charge is 0.611 e. The van der Waals surface area contributed by atoms with Crippen LogP contribution in [-0.4, -0.2) is 21.4 Å². The Morgan fingerprint density at radius 1 is 1.62 bits per heavy atom. The molecule has 0 bridgehead atoms. The van der Waals surface area contributed by atoms with Gasteiger partial charge in [-0.05, 0) is 30.2 Å². The molecule has 13 heavy (non-hydrogen) atoms. The summed E-state index contributed by atoms with van der Waals surface area (Å²) in [5.41, 5.74) is 0.180. The van der Waals surface area contributed by atoms with Crippen LogP contribution in [0.2, 0.25) is 0 Å². The van der Waals surface area contributed by atoms with Gasteiger partial charge in [0.05, 0.1) is 5.56 Å². The monoisotopic (exact) mass is 198 g/mol. The topological polar surface area (TPSA) is 60.4 Å². The first-order valence-corrected chi connectivity index (χ1v) is 5.18. The maximum Gasteiger partial charge on any atom is 0.335 e. The number of hydrogen-bond acceptors (Lipinski definition) is 2. The van der Waals surface area contributed by atoms with E-state index in [4.69, 9.17) is 5.11 Å². The minimum absolute atomic E-state index is 0.180. The maximum atomic E-state index is 11.3. The van der Waals surface area contributed by atoms with Gasteiger partial charge in [0.1, 0.15) is 5.75 Å². The summed E-state index contributed by atoms with van der Waals surface area (Å²) in [5, 5.41) is 8.66. The van der Waals surface area contributed by atoms with Crippen LogP contribution >= 0.6 is 0 Å². The maximum absolute atomic E-state index is 11.3. The first-order chi connectivity index (χ1) is 6.15. The van der Waals surface area contributed by atoms with Gasteiger partial charge in [0.2, 0.25) is 0 Å². The smallest absolute Gasteiger partial charge is 0.335 e. The van der Waals surface area contributed by atoms with Gasteiger partial charge in [0.15, 0.2) is 4.90 Å². The van der Waals surface area contributed by atoms with Gasteiger partial charge in [0.25, 0.3) is 0 Å². The lowest BCUT2D eigenvalue weighted by Crippen LogP contribution is -2.05. The van der Waals surface area contributed by atoms with E-state index in [-0.39, 0.29) is 5.56 Å². The summed E-state index contributed by atoms with van der Waals surface area (Å²) in [6, 6.07) is 6.21. The second-order valence-corrected chi connectivity index (χ2v) is 4.21. The molecule has 0 aromatic heterocycles. The van der Waals surface area contributed by atoms with Crippen LogP contribution < -0.4 is 0 Å². The average Bonchev–Trinajstić information content (AvgIpc) is 2.17. The van der Waals surface area contributed by atoms with Crippen molar-refractivity contribution in [2.24, 2.45) is 0 Å². The van der Waals surface area contributed by atoms with E-state index in [9.17, 15) is 9.35 Å². The Balaban J connectivity index is 2.98. The van der Waals surface area contributed by atoms with Crippen LogP contribution in [-0.2, 0) is 11.2 Å². The van der Waals surface area contributed by atoms with Crippen LogP contribution in [0.4, 0.5) is 0 Å². The lowest BCUT2D eigenvalue weighted by atomic mass is 10.2. The SMILES string of the molecule is CC[S+]([O-])c1cccc(C(=O)O)c1. The molecule has 70 valence electrons. The van der Waals surface area contributed by atoms with Crippen LogP contribution in [0.25, 0.3) is 0 Å². The van der Waals surface area contributed by atoms with Crippen molar-refractivity contribution in [3.63, 3.8) is 0 Å². The van der Waals surface area contributed by atoms with Gasteiger partial charge < -0.3 is 9.66 Å². The Kier molecular flexibility index (Phi) is 3.33. The van der Waals surface area contributed by atoms with Gasteiger partial charge in [0, 0.05) is 6.07 Å². The third-order valence-electron chi connectivity index (χ3n) is 1.61. The summed E-state index contributed by atoms with van der Waals surface area (Å²) in [4.78, 5) is 11.1. The van der Waals surface area contributed by atoms with E-state index in [1.165, 1.54) is 12.1 Å². The molecular formula is C9H10O3S. The molecule has 1 aromatic carbocycles. The van der Waals surface area contributed by atoms with Crippen molar-refractivity contribution in [1.82, 2.24) is 0 Å². The molecule has 1 N–H and O–H groups in total. The highest BCUT2D eigenvalue weighted by Crippen LogP contribution is 2.12. The van der Waals surface area contributed by atoms with Crippen LogP contribution in [0, 0.1) is 0 Å². The molecule has 3 nitrogen and oxygen atoms in total. The standard InChI is InChI=1S/C9H10O3S/c1-2-13(12)8-5-3-4-7(6-8)9(10)11/h3-6H,2H2,1H3,(H,10,11). The van der Waals surface area contributed by atoms with E-state index in [0.717, 1.165) is 0 Å². The molecule has 1 unspecified atom stereocenters. The summed E-state index contributed by atoms with van der Waals surface area (Å²) >= 11 is -1.08. The molecule has 0 aliphatic heterocycles. The fourth-order valence-electron chi connectivity index (χ4n) is 0.937. The first kappa shape index (κ1) is 10.1. The summed E-state index contributed by atoms with van der Waals surface area (Å²) in [5.74, 6) is -0.488. The van der Waals surface area contributed by atoms with Crippen molar-refractivity contribution in [3.8, 4) is 0 Å². The van der Waals surface area contributed by atoms with E-state index in [2.05, 4.69) is 0 Å². The zero-order valence-electron chi connectivity index (χ0n) is 7.19. The highest BCUT2D eigenvalue weighted by Gasteiger charge is 2.10. The van der Waals surface area contributed by atoms with Gasteiger partial charge in [-0.1, -0.05) is 6.07 Å². The minimum Gasteiger partial charge on any atom is -0.611 e. The Labute approximate surface area is 79.6 Å². The predicted molar refractivity (Wildman–Crippen MR) is 50.4 cm³/mol. The van der Waals surface area contributed by atoms with Gasteiger partial charge >= 0.3 is 5.97 Å². The number of benzene rings is 1. The summed E-state index contributed by atoms with van der Waals surface area (Å²) in [6.07, 6.45) is 0. The molecule has 1 rings (SSSR count). The fourth-order valence-corrected chi connectivity index (χ4v) is 1.76. The number of aromatic carboxylic acids is 1. The Bertz CT molecular complexity index is 311. The van der Waals surface area contributed by atoms with Crippen LogP contribution in [0.5, 0.6) is 0 Å². The third-order valence-corrected chi connectivity index (χ3v) is 2.91. The molecular weight excluding hydrogens is 188 g/mol. The number of rotatable bonds is 3. The molecule has 0 spiro atoms. The van der Waals surface area contributed by atoms with E-state index in [0.29, 0.717) is 10.6 Å². The molecule has 0 heterocycles. The predicted octanol–water partition coefficient (Wildman–Crippen LogP) is 1.51. The Morgan fingerprint density at radius 3 is 2.85 bits per heavy atom. The number of carbonyl (C=O) groups is 1. The van der Waals surface area contributed by atoms with E-state index in [1.807, 2.05) is 0 Å². The van der Waals surface area contributed by atoms with Crippen molar-refractivity contribution >= 4 is 17.1 Å². The number of carboxylic acid groups (broad SMARTS) is 1. The highest BCUT2D eigenvalue weighted by atomic mass is 32.2. The van der Waals surface area contributed by atoms with E-state index >= 15 is 0 Å². The van der Waals surface area contributed by atoms with Crippen LogP contribution in [0.3, 0.4) is 0 Å². The molecule has 0 aliphatic carbocycles. The van der Waals surface area contributed by atoms with Crippen molar-refractivity contribution in [3.05, 3.63) is 29.8 Å². The molecule has 1 aromatic rings. The second-order valence-electron chi connectivity index (χ2n) is 2.47. The Hall–Kier alpha value is -1.00. The van der Waals surface area contributed by atoms with E-state index in [1.54, 1.807) is 19.1 Å². The second kappa shape index (κ2) is 4.30. The van der Waals surface area contributed by atoms with E-state index < -0.39 is 17.1 Å². The highest BCUT2D eigenvalue weighted by molar-refractivity contribution is 7.91. The number of carboxylic acids is 1. The summed E-state index contributed by atoms with van der Waals surface area (Å²) in [6.45, 7) is 1.80. The molecule has 0 radical (unpaired) electrons. The fraction of sp³-hybridized carbons (Fsp3) is 0.222. The third kappa shape index (κ3) is 2.47. The summed E-state index contributed by atoms with van der Waals surface area (Å²) in [7, 11) is 0. The molecule has 0 fully saturated rings. The normalized spacial score (nSPS) is 12.5. The molecule has 0 aliphatic rings. The van der Waals surface area contributed by atoms with Gasteiger partial charge in [-0.15, -0.1) is 0 Å². The summed E-state index contributed by atoms with van der Waals surface area (Å²) < 4.78 is 11.3. The van der Waals surface area contributed by atoms with Crippen LogP contribution in [0.1, 0.15) is 17.3 Å². The van der Waals surface area contributed by atoms with Gasteiger partial charge in [-0.3, -0.25) is 0 Å². The van der Waals surface area contributed by atoms with Crippen LogP contribution in [0.15, 0.2) is 29.2 Å². The molecule has 0 saturated heterocycles. The zero-order chi connectivity index (χ0) is 9.84. The lowest BCUT2D eigenvalue weighted by molar-refractivity contribution is 0.0696. The average molecular weight is 198 g/mol. The lowest BCUT2D eigenvalue weighted by Gasteiger charge is -2.07. The molecule has 4 heteroatoms. The minimum atomic E-state index is -1.08. The Morgan fingerprint density at radius 2 is 2.31 bits per heavy atom. The zero-order valence-corrected chi connectivity index (χ0v) is 8.00.